The van der Waals surface area contributed by atoms with Crippen molar-refractivity contribution < 1.29 is 23.9 Å². The summed E-state index contributed by atoms with van der Waals surface area (Å²) < 4.78 is 9.48. The van der Waals surface area contributed by atoms with Crippen LogP contribution in [-0.4, -0.2) is 31.6 Å². The minimum Gasteiger partial charge on any atom is -0.465 e. The third-order valence-corrected chi connectivity index (χ3v) is 3.64. The summed E-state index contributed by atoms with van der Waals surface area (Å²) >= 11 is 11.8. The zero-order valence-electron chi connectivity index (χ0n) is 13.0. The van der Waals surface area contributed by atoms with Crippen LogP contribution in [0.3, 0.4) is 0 Å². The molecule has 0 aliphatic heterocycles. The number of hydrogen-bond donors (Lipinski definition) is 1. The highest BCUT2D eigenvalue weighted by Crippen LogP contribution is 2.25. The van der Waals surface area contributed by atoms with Crippen molar-refractivity contribution in [2.24, 2.45) is 0 Å². The first kappa shape index (κ1) is 18.8. The largest absolute Gasteiger partial charge is 0.465 e. The van der Waals surface area contributed by atoms with Crippen LogP contribution in [0.1, 0.15) is 20.7 Å². The fraction of sp³-hybridized carbons (Fsp3) is 0.118. The number of halogens is 2. The van der Waals surface area contributed by atoms with Crippen molar-refractivity contribution in [1.82, 2.24) is 0 Å². The van der Waals surface area contributed by atoms with Crippen LogP contribution >= 0.6 is 23.2 Å². The summed E-state index contributed by atoms with van der Waals surface area (Å²) in [4.78, 5) is 35.1. The molecule has 25 heavy (non-hydrogen) atoms. The molecule has 0 aliphatic carbocycles. The predicted molar refractivity (Wildman–Crippen MR) is 93.2 cm³/mol. The zero-order valence-corrected chi connectivity index (χ0v) is 14.6. The Morgan fingerprint density at radius 3 is 2.16 bits per heavy atom. The van der Waals surface area contributed by atoms with Gasteiger partial charge in [0.15, 0.2) is 6.61 Å². The number of carbonyl (C=O) groups is 3. The molecule has 2 aromatic rings. The third-order valence-electron chi connectivity index (χ3n) is 3.08. The molecular weight excluding hydrogens is 369 g/mol. The average Bonchev–Trinajstić information content (AvgIpc) is 2.62. The Balaban J connectivity index is 1.92. The molecule has 0 aliphatic rings. The number of hydrogen-bond acceptors (Lipinski definition) is 5. The van der Waals surface area contributed by atoms with E-state index in [4.69, 9.17) is 27.9 Å². The molecule has 8 heteroatoms. The maximum absolute atomic E-state index is 11.9. The number of amides is 1. The van der Waals surface area contributed by atoms with Crippen molar-refractivity contribution in [2.45, 2.75) is 0 Å². The lowest BCUT2D eigenvalue weighted by Crippen LogP contribution is -2.21. The zero-order chi connectivity index (χ0) is 18.4. The fourth-order valence-corrected chi connectivity index (χ4v) is 2.19. The number of carbonyl (C=O) groups excluding carboxylic acids is 3. The highest BCUT2D eigenvalue weighted by Gasteiger charge is 2.13. The second kappa shape index (κ2) is 8.50. The van der Waals surface area contributed by atoms with E-state index in [2.05, 4.69) is 10.1 Å². The summed E-state index contributed by atoms with van der Waals surface area (Å²) in [7, 11) is 1.26. The van der Waals surface area contributed by atoms with Gasteiger partial charge in [-0.1, -0.05) is 23.2 Å². The van der Waals surface area contributed by atoms with Crippen LogP contribution in [0.4, 0.5) is 5.69 Å². The third kappa shape index (κ3) is 5.20. The summed E-state index contributed by atoms with van der Waals surface area (Å²) in [6.07, 6.45) is 0. The van der Waals surface area contributed by atoms with Crippen LogP contribution in [0, 0.1) is 0 Å². The van der Waals surface area contributed by atoms with Crippen molar-refractivity contribution in [3.05, 3.63) is 63.6 Å². The van der Waals surface area contributed by atoms with Gasteiger partial charge in [-0.3, -0.25) is 4.79 Å². The molecule has 2 aromatic carbocycles. The van der Waals surface area contributed by atoms with Gasteiger partial charge in [-0.2, -0.15) is 0 Å². The van der Waals surface area contributed by atoms with Gasteiger partial charge in [-0.15, -0.1) is 0 Å². The molecule has 0 fully saturated rings. The standard InChI is InChI=1S/C17H13Cl2NO5/c1-24-16(22)10-2-4-11(5-3-10)17(23)25-9-15(21)20-14-8-12(18)6-7-13(14)19/h2-8H,9H2,1H3,(H,20,21). The maximum atomic E-state index is 11.9. The Morgan fingerprint density at radius 1 is 0.960 bits per heavy atom. The van der Waals surface area contributed by atoms with Gasteiger partial charge in [-0.05, 0) is 42.5 Å². The molecule has 1 amide bonds. The van der Waals surface area contributed by atoms with E-state index in [1.165, 1.54) is 43.5 Å². The second-order valence-electron chi connectivity index (χ2n) is 4.82. The van der Waals surface area contributed by atoms with E-state index in [-0.39, 0.29) is 5.56 Å². The molecule has 0 saturated carbocycles. The molecule has 6 nitrogen and oxygen atoms in total. The Bertz CT molecular complexity index is 805. The molecule has 0 heterocycles. The Labute approximate surface area is 153 Å². The minimum absolute atomic E-state index is 0.196. The van der Waals surface area contributed by atoms with Crippen LogP contribution in [-0.2, 0) is 14.3 Å². The summed E-state index contributed by atoms with van der Waals surface area (Å²) in [5, 5.41) is 3.21. The molecule has 0 spiro atoms. The van der Waals surface area contributed by atoms with Crippen molar-refractivity contribution in [2.75, 3.05) is 19.0 Å². The van der Waals surface area contributed by atoms with Gasteiger partial charge >= 0.3 is 11.9 Å². The minimum atomic E-state index is -0.705. The number of esters is 2. The van der Waals surface area contributed by atoms with E-state index in [0.717, 1.165) is 0 Å². The van der Waals surface area contributed by atoms with Crippen LogP contribution in [0.15, 0.2) is 42.5 Å². The van der Waals surface area contributed by atoms with Crippen LogP contribution in [0.25, 0.3) is 0 Å². The predicted octanol–water partition coefficient (Wildman–Crippen LogP) is 3.58. The van der Waals surface area contributed by atoms with Crippen molar-refractivity contribution in [3.8, 4) is 0 Å². The number of methoxy groups -OCH3 is 1. The maximum Gasteiger partial charge on any atom is 0.338 e. The van der Waals surface area contributed by atoms with Crippen molar-refractivity contribution in [1.29, 1.82) is 0 Å². The van der Waals surface area contributed by atoms with Crippen LogP contribution in [0.5, 0.6) is 0 Å². The molecule has 0 bridgehead atoms. The topological polar surface area (TPSA) is 81.7 Å². The molecule has 0 radical (unpaired) electrons. The normalized spacial score (nSPS) is 10.0. The van der Waals surface area contributed by atoms with Crippen molar-refractivity contribution in [3.63, 3.8) is 0 Å². The van der Waals surface area contributed by atoms with Gasteiger partial charge in [0.2, 0.25) is 0 Å². The molecule has 0 saturated heterocycles. The number of anilines is 1. The van der Waals surface area contributed by atoms with E-state index in [9.17, 15) is 14.4 Å². The molecular formula is C17H13Cl2NO5. The Kier molecular flexibility index (Phi) is 6.38. The number of nitrogens with one attached hydrogen (secondary N) is 1. The molecule has 130 valence electrons. The molecule has 2 rings (SSSR count). The first-order valence-electron chi connectivity index (χ1n) is 7.01. The summed E-state index contributed by atoms with van der Waals surface area (Å²) in [5.41, 5.74) is 0.811. The number of ether oxygens (including phenoxy) is 2. The van der Waals surface area contributed by atoms with Crippen LogP contribution < -0.4 is 5.32 Å². The molecule has 0 aromatic heterocycles. The van der Waals surface area contributed by atoms with E-state index in [1.54, 1.807) is 6.07 Å². The molecule has 1 N–H and O–H groups in total. The average molecular weight is 382 g/mol. The number of benzene rings is 2. The van der Waals surface area contributed by atoms with Gasteiger partial charge < -0.3 is 14.8 Å². The second-order valence-corrected chi connectivity index (χ2v) is 5.66. The SMILES string of the molecule is COC(=O)c1ccc(C(=O)OCC(=O)Nc2cc(Cl)ccc2Cl)cc1. The van der Waals surface area contributed by atoms with E-state index in [0.29, 0.717) is 21.3 Å². The lowest BCUT2D eigenvalue weighted by atomic mass is 10.1. The lowest BCUT2D eigenvalue weighted by molar-refractivity contribution is -0.119. The summed E-state index contributed by atoms with van der Waals surface area (Å²) in [6.45, 7) is -0.500. The first-order valence-corrected chi connectivity index (χ1v) is 7.76. The van der Waals surface area contributed by atoms with Gasteiger partial charge in [0.05, 0.1) is 28.9 Å². The Hall–Kier alpha value is -2.57. The van der Waals surface area contributed by atoms with E-state index < -0.39 is 24.5 Å². The van der Waals surface area contributed by atoms with E-state index >= 15 is 0 Å². The first-order chi connectivity index (χ1) is 11.9. The van der Waals surface area contributed by atoms with Gasteiger partial charge in [0, 0.05) is 5.02 Å². The summed E-state index contributed by atoms with van der Waals surface area (Å²) in [5.74, 6) is -1.79. The molecule has 0 unspecified atom stereocenters. The van der Waals surface area contributed by atoms with Gasteiger partial charge in [-0.25, -0.2) is 9.59 Å². The smallest absolute Gasteiger partial charge is 0.338 e. The molecule has 0 atom stereocenters. The quantitative estimate of drug-likeness (QED) is 0.800. The van der Waals surface area contributed by atoms with Gasteiger partial charge in [0.25, 0.3) is 5.91 Å². The lowest BCUT2D eigenvalue weighted by Gasteiger charge is -2.08. The van der Waals surface area contributed by atoms with Crippen LogP contribution in [0.2, 0.25) is 10.0 Å². The highest BCUT2D eigenvalue weighted by atomic mass is 35.5. The van der Waals surface area contributed by atoms with E-state index in [1.807, 2.05) is 0 Å². The van der Waals surface area contributed by atoms with Crippen molar-refractivity contribution >= 4 is 46.7 Å². The summed E-state index contributed by atoms with van der Waals surface area (Å²) in [6, 6.07) is 10.3. The monoisotopic (exact) mass is 381 g/mol. The number of rotatable bonds is 5. The highest BCUT2D eigenvalue weighted by molar-refractivity contribution is 6.35. The Morgan fingerprint density at radius 2 is 1.56 bits per heavy atom. The van der Waals surface area contributed by atoms with Gasteiger partial charge in [0.1, 0.15) is 0 Å². The fourth-order valence-electron chi connectivity index (χ4n) is 1.85.